The number of hydrogen-bond donors (Lipinski definition) is 1. The molecule has 0 aliphatic heterocycles. The van der Waals surface area contributed by atoms with Gasteiger partial charge in [0.15, 0.2) is 0 Å². The molecule has 0 radical (unpaired) electrons. The zero-order valence-electron chi connectivity index (χ0n) is 20.6. The van der Waals surface area contributed by atoms with Crippen LogP contribution in [0.5, 0.6) is 0 Å². The Labute approximate surface area is 193 Å². The summed E-state index contributed by atoms with van der Waals surface area (Å²) in [5.41, 5.74) is 6.78. The van der Waals surface area contributed by atoms with E-state index in [0.29, 0.717) is 11.1 Å². The number of hydrazine groups is 1. The first-order chi connectivity index (χ1) is 15.0. The smallest absolute Gasteiger partial charge is 0.343 e. The summed E-state index contributed by atoms with van der Waals surface area (Å²) in [7, 11) is 0. The molecule has 1 amide bonds. The lowest BCUT2D eigenvalue weighted by atomic mass is 9.84. The molecule has 0 aliphatic rings. The van der Waals surface area contributed by atoms with Gasteiger partial charge in [0, 0.05) is 5.56 Å². The van der Waals surface area contributed by atoms with E-state index in [-0.39, 0.29) is 17.4 Å². The van der Waals surface area contributed by atoms with Crippen molar-refractivity contribution in [2.24, 2.45) is 5.41 Å². The van der Waals surface area contributed by atoms with Gasteiger partial charge in [-0.1, -0.05) is 76.8 Å². The third-order valence-electron chi connectivity index (χ3n) is 5.59. The molecule has 0 aliphatic carbocycles. The predicted octanol–water partition coefficient (Wildman–Crippen LogP) is 6.19. The molecule has 32 heavy (non-hydrogen) atoms. The number of amides is 1. The molecule has 1 unspecified atom stereocenters. The molecule has 2 aromatic carbocycles. The van der Waals surface area contributed by atoms with Crippen LogP contribution in [0.15, 0.2) is 42.5 Å². The third-order valence-corrected chi connectivity index (χ3v) is 5.59. The largest absolute Gasteiger partial charge is 0.358 e. The molecule has 174 valence electrons. The van der Waals surface area contributed by atoms with Crippen molar-refractivity contribution in [1.82, 2.24) is 10.6 Å². The molecule has 2 rings (SSSR count). The number of aryl methyl sites for hydroxylation is 3. The number of hydrogen-bond acceptors (Lipinski definition) is 4. The number of benzene rings is 2. The molecule has 5 heteroatoms. The number of hydroxylamine groups is 1. The lowest BCUT2D eigenvalue weighted by molar-refractivity contribution is -0.188. The van der Waals surface area contributed by atoms with Gasteiger partial charge < -0.3 is 4.84 Å². The van der Waals surface area contributed by atoms with Gasteiger partial charge in [-0.2, -0.15) is 0 Å². The quantitative estimate of drug-likeness (QED) is 0.474. The topological polar surface area (TPSA) is 58.6 Å². The van der Waals surface area contributed by atoms with Crippen LogP contribution in [0, 0.1) is 19.3 Å². The van der Waals surface area contributed by atoms with Gasteiger partial charge in [0.25, 0.3) is 5.91 Å². The summed E-state index contributed by atoms with van der Waals surface area (Å²) in [4.78, 5) is 31.9. The SMILES string of the molecule is CCCCC(N(NC(=O)c1ccc(CC)cc1)OC(=O)c1cc(C)cc(C)c1)C(C)(C)C. The normalized spacial score (nSPS) is 12.5. The van der Waals surface area contributed by atoms with Crippen molar-refractivity contribution >= 4 is 11.9 Å². The molecule has 0 aromatic heterocycles. The maximum absolute atomic E-state index is 13.1. The molecular formula is C27H38N2O3. The van der Waals surface area contributed by atoms with Gasteiger partial charge in [0.2, 0.25) is 0 Å². The Morgan fingerprint density at radius 3 is 2.06 bits per heavy atom. The minimum absolute atomic E-state index is 0.184. The lowest BCUT2D eigenvalue weighted by Gasteiger charge is -2.38. The summed E-state index contributed by atoms with van der Waals surface area (Å²) in [5, 5.41) is 1.38. The zero-order chi connectivity index (χ0) is 23.9. The highest BCUT2D eigenvalue weighted by atomic mass is 16.7. The van der Waals surface area contributed by atoms with Crippen LogP contribution in [0.25, 0.3) is 0 Å². The average molecular weight is 439 g/mol. The number of carbonyl (C=O) groups is 2. The Hall–Kier alpha value is -2.66. The molecule has 0 spiro atoms. The van der Waals surface area contributed by atoms with E-state index in [2.05, 4.69) is 40.0 Å². The van der Waals surface area contributed by atoms with Gasteiger partial charge in [-0.05, 0) is 67.1 Å². The van der Waals surface area contributed by atoms with Gasteiger partial charge in [-0.3, -0.25) is 10.2 Å². The number of rotatable bonds is 9. The maximum atomic E-state index is 13.1. The summed E-state index contributed by atoms with van der Waals surface area (Å²) < 4.78 is 0. The van der Waals surface area contributed by atoms with Gasteiger partial charge >= 0.3 is 5.97 Å². The minimum Gasteiger partial charge on any atom is -0.343 e. The number of nitrogens with zero attached hydrogens (tertiary/aromatic N) is 1. The van der Waals surface area contributed by atoms with Crippen LogP contribution in [-0.2, 0) is 11.3 Å². The highest BCUT2D eigenvalue weighted by molar-refractivity contribution is 5.94. The standard InChI is InChI=1S/C27H38N2O3/c1-8-10-11-24(27(5,6)7)29(28-25(30)22-14-12-21(9-2)13-15-22)32-26(31)23-17-19(3)16-20(4)18-23/h12-18,24H,8-11H2,1-7H3,(H,28,30). The molecule has 1 atom stereocenters. The summed E-state index contributed by atoms with van der Waals surface area (Å²) in [6.07, 6.45) is 3.66. The second kappa shape index (κ2) is 11.3. The third kappa shape index (κ3) is 7.20. The number of unbranched alkanes of at least 4 members (excludes halogenated alkanes) is 1. The fraction of sp³-hybridized carbons (Fsp3) is 0.481. The molecule has 0 heterocycles. The van der Waals surface area contributed by atoms with Crippen LogP contribution >= 0.6 is 0 Å². The van der Waals surface area contributed by atoms with Crippen molar-refractivity contribution in [2.75, 3.05) is 0 Å². The van der Waals surface area contributed by atoms with Gasteiger partial charge in [0.1, 0.15) is 0 Å². The van der Waals surface area contributed by atoms with E-state index in [0.717, 1.165) is 42.4 Å². The first-order valence-corrected chi connectivity index (χ1v) is 11.5. The van der Waals surface area contributed by atoms with Crippen molar-refractivity contribution in [3.8, 4) is 0 Å². The molecule has 0 saturated carbocycles. The number of carbonyl (C=O) groups excluding carboxylic acids is 2. The molecule has 5 nitrogen and oxygen atoms in total. The molecule has 1 N–H and O–H groups in total. The Bertz CT molecular complexity index is 893. The minimum atomic E-state index is -0.482. The summed E-state index contributed by atoms with van der Waals surface area (Å²) >= 11 is 0. The maximum Gasteiger partial charge on any atom is 0.358 e. The second-order valence-corrected chi connectivity index (χ2v) is 9.60. The summed E-state index contributed by atoms with van der Waals surface area (Å²) in [6.45, 7) is 14.4. The van der Waals surface area contributed by atoms with Gasteiger partial charge in [-0.25, -0.2) is 4.79 Å². The van der Waals surface area contributed by atoms with E-state index in [4.69, 9.17) is 4.84 Å². The van der Waals surface area contributed by atoms with E-state index in [1.54, 1.807) is 24.3 Å². The summed E-state index contributed by atoms with van der Waals surface area (Å²) in [6, 6.07) is 12.9. The van der Waals surface area contributed by atoms with Crippen molar-refractivity contribution < 1.29 is 14.4 Å². The van der Waals surface area contributed by atoms with Crippen LogP contribution < -0.4 is 5.43 Å². The van der Waals surface area contributed by atoms with Gasteiger partial charge in [0.05, 0.1) is 11.6 Å². The van der Waals surface area contributed by atoms with Crippen LogP contribution in [0.3, 0.4) is 0 Å². The highest BCUT2D eigenvalue weighted by Gasteiger charge is 2.34. The fourth-order valence-corrected chi connectivity index (χ4v) is 3.75. The molecule has 2 aromatic rings. The lowest BCUT2D eigenvalue weighted by Crippen LogP contribution is -2.54. The Morgan fingerprint density at radius 2 is 1.56 bits per heavy atom. The van der Waals surface area contributed by atoms with Crippen LogP contribution in [0.4, 0.5) is 0 Å². The Morgan fingerprint density at radius 1 is 0.969 bits per heavy atom. The predicted molar refractivity (Wildman–Crippen MR) is 129 cm³/mol. The van der Waals surface area contributed by atoms with Crippen LogP contribution in [0.1, 0.15) is 91.3 Å². The highest BCUT2D eigenvalue weighted by Crippen LogP contribution is 2.28. The van der Waals surface area contributed by atoms with Crippen molar-refractivity contribution in [3.05, 3.63) is 70.3 Å². The Kier molecular flexibility index (Phi) is 9.02. The van der Waals surface area contributed by atoms with Crippen LogP contribution in [-0.4, -0.2) is 23.1 Å². The first-order valence-electron chi connectivity index (χ1n) is 11.5. The van der Waals surface area contributed by atoms with E-state index >= 15 is 0 Å². The molecule has 0 bridgehead atoms. The first kappa shape index (κ1) is 25.6. The second-order valence-electron chi connectivity index (χ2n) is 9.60. The number of nitrogens with one attached hydrogen (secondary N) is 1. The average Bonchev–Trinajstić information content (AvgIpc) is 2.72. The molecule has 0 fully saturated rings. The molecule has 0 saturated heterocycles. The van der Waals surface area contributed by atoms with Crippen molar-refractivity contribution in [3.63, 3.8) is 0 Å². The van der Waals surface area contributed by atoms with Crippen molar-refractivity contribution in [2.45, 2.75) is 80.2 Å². The zero-order valence-corrected chi connectivity index (χ0v) is 20.6. The van der Waals surface area contributed by atoms with Crippen LogP contribution in [0.2, 0.25) is 0 Å². The van der Waals surface area contributed by atoms with E-state index < -0.39 is 5.97 Å². The van der Waals surface area contributed by atoms with E-state index in [1.165, 1.54) is 5.17 Å². The van der Waals surface area contributed by atoms with Gasteiger partial charge in [-0.15, -0.1) is 0 Å². The summed E-state index contributed by atoms with van der Waals surface area (Å²) in [5.74, 6) is -0.782. The van der Waals surface area contributed by atoms with E-state index in [9.17, 15) is 9.59 Å². The fourth-order valence-electron chi connectivity index (χ4n) is 3.75. The monoisotopic (exact) mass is 438 g/mol. The Balaban J connectivity index is 2.33. The van der Waals surface area contributed by atoms with Crippen molar-refractivity contribution in [1.29, 1.82) is 0 Å². The molecular weight excluding hydrogens is 400 g/mol. The van der Waals surface area contributed by atoms with E-state index in [1.807, 2.05) is 32.0 Å².